The second-order valence-corrected chi connectivity index (χ2v) is 5.11. The van der Waals surface area contributed by atoms with Crippen molar-refractivity contribution in [1.82, 2.24) is 4.90 Å². The highest BCUT2D eigenvalue weighted by Crippen LogP contribution is 2.26. The lowest BCUT2D eigenvalue weighted by atomic mass is 10.2. The standard InChI is InChI=1S/C12H14BrCl2NO/c1-2-16(8-4-7-13)12(17)9-5-3-6-10(14)11(9)15/h3,5-6H,2,4,7-8H2,1H3. The summed E-state index contributed by atoms with van der Waals surface area (Å²) in [5, 5.41) is 1.62. The zero-order valence-corrected chi connectivity index (χ0v) is 12.6. The molecule has 1 amide bonds. The van der Waals surface area contributed by atoms with E-state index in [4.69, 9.17) is 23.2 Å². The fraction of sp³-hybridized carbons (Fsp3) is 0.417. The van der Waals surface area contributed by atoms with E-state index in [-0.39, 0.29) is 5.91 Å². The van der Waals surface area contributed by atoms with Crippen LogP contribution in [0.2, 0.25) is 10.0 Å². The second-order valence-electron chi connectivity index (χ2n) is 3.53. The predicted octanol–water partition coefficient (Wildman–Crippen LogP) is 4.24. The van der Waals surface area contributed by atoms with E-state index in [1.807, 2.05) is 6.92 Å². The molecule has 0 unspecified atom stereocenters. The largest absolute Gasteiger partial charge is 0.339 e. The molecular formula is C12H14BrCl2NO. The van der Waals surface area contributed by atoms with Gasteiger partial charge in [-0.1, -0.05) is 45.2 Å². The molecule has 0 aliphatic heterocycles. The van der Waals surface area contributed by atoms with Crippen molar-refractivity contribution in [2.75, 3.05) is 18.4 Å². The van der Waals surface area contributed by atoms with E-state index in [2.05, 4.69) is 15.9 Å². The van der Waals surface area contributed by atoms with Crippen LogP contribution in [0.3, 0.4) is 0 Å². The summed E-state index contributed by atoms with van der Waals surface area (Å²) in [5.74, 6) is -0.0686. The molecule has 0 aliphatic carbocycles. The van der Waals surface area contributed by atoms with E-state index in [0.717, 1.165) is 11.8 Å². The van der Waals surface area contributed by atoms with Gasteiger partial charge in [-0.05, 0) is 25.5 Å². The Hall–Kier alpha value is -0.250. The van der Waals surface area contributed by atoms with E-state index in [1.54, 1.807) is 23.1 Å². The average molecular weight is 339 g/mol. The van der Waals surface area contributed by atoms with Crippen molar-refractivity contribution in [2.24, 2.45) is 0 Å². The van der Waals surface area contributed by atoms with Gasteiger partial charge in [-0.25, -0.2) is 0 Å². The third-order valence-electron chi connectivity index (χ3n) is 2.41. The van der Waals surface area contributed by atoms with Gasteiger partial charge in [-0.2, -0.15) is 0 Å². The summed E-state index contributed by atoms with van der Waals surface area (Å²) in [6.07, 6.45) is 0.914. The molecule has 94 valence electrons. The van der Waals surface area contributed by atoms with Gasteiger partial charge < -0.3 is 4.90 Å². The Morgan fingerprint density at radius 1 is 1.41 bits per heavy atom. The van der Waals surface area contributed by atoms with Crippen molar-refractivity contribution in [3.63, 3.8) is 0 Å². The number of benzene rings is 1. The number of amides is 1. The first kappa shape index (κ1) is 14.8. The number of halogens is 3. The Labute approximate surface area is 120 Å². The Bertz CT molecular complexity index is 398. The van der Waals surface area contributed by atoms with Crippen LogP contribution in [0.5, 0.6) is 0 Å². The minimum absolute atomic E-state index is 0.0686. The Balaban J connectivity index is 2.90. The molecule has 0 aromatic heterocycles. The minimum atomic E-state index is -0.0686. The third-order valence-corrected chi connectivity index (χ3v) is 3.79. The summed E-state index contributed by atoms with van der Waals surface area (Å²) >= 11 is 15.3. The summed E-state index contributed by atoms with van der Waals surface area (Å²) in [6.45, 7) is 3.32. The number of hydrogen-bond donors (Lipinski definition) is 0. The van der Waals surface area contributed by atoms with Crippen LogP contribution >= 0.6 is 39.1 Å². The Morgan fingerprint density at radius 3 is 2.71 bits per heavy atom. The lowest BCUT2D eigenvalue weighted by Crippen LogP contribution is -2.32. The molecule has 1 rings (SSSR count). The fourth-order valence-electron chi connectivity index (χ4n) is 1.49. The summed E-state index contributed by atoms with van der Waals surface area (Å²) in [7, 11) is 0. The quantitative estimate of drug-likeness (QED) is 0.735. The maximum absolute atomic E-state index is 12.2. The number of hydrogen-bond acceptors (Lipinski definition) is 1. The first-order chi connectivity index (χ1) is 8.11. The predicted molar refractivity (Wildman–Crippen MR) is 76.5 cm³/mol. The van der Waals surface area contributed by atoms with Gasteiger partial charge in [0.15, 0.2) is 0 Å². The molecule has 0 fully saturated rings. The van der Waals surface area contributed by atoms with Gasteiger partial charge in [0.05, 0.1) is 15.6 Å². The lowest BCUT2D eigenvalue weighted by Gasteiger charge is -2.21. The minimum Gasteiger partial charge on any atom is -0.339 e. The maximum Gasteiger partial charge on any atom is 0.255 e. The highest BCUT2D eigenvalue weighted by Gasteiger charge is 2.17. The van der Waals surface area contributed by atoms with Crippen LogP contribution < -0.4 is 0 Å². The number of carbonyl (C=O) groups is 1. The SMILES string of the molecule is CCN(CCCBr)C(=O)c1cccc(Cl)c1Cl. The molecule has 0 radical (unpaired) electrons. The van der Waals surface area contributed by atoms with Crippen LogP contribution in [-0.2, 0) is 0 Å². The third kappa shape index (κ3) is 3.87. The summed E-state index contributed by atoms with van der Waals surface area (Å²) in [4.78, 5) is 14.0. The molecule has 2 nitrogen and oxygen atoms in total. The second kappa shape index (κ2) is 7.24. The topological polar surface area (TPSA) is 20.3 Å². The molecule has 0 saturated heterocycles. The highest BCUT2D eigenvalue weighted by molar-refractivity contribution is 9.09. The van der Waals surface area contributed by atoms with E-state index in [0.29, 0.717) is 28.7 Å². The zero-order chi connectivity index (χ0) is 12.8. The molecule has 0 atom stereocenters. The number of rotatable bonds is 5. The molecule has 17 heavy (non-hydrogen) atoms. The monoisotopic (exact) mass is 337 g/mol. The molecule has 0 saturated carbocycles. The first-order valence-corrected chi connectivity index (χ1v) is 7.28. The van der Waals surface area contributed by atoms with Crippen LogP contribution in [0.15, 0.2) is 18.2 Å². The first-order valence-electron chi connectivity index (χ1n) is 5.41. The van der Waals surface area contributed by atoms with Crippen molar-refractivity contribution in [3.05, 3.63) is 33.8 Å². The van der Waals surface area contributed by atoms with Crippen molar-refractivity contribution in [3.8, 4) is 0 Å². The van der Waals surface area contributed by atoms with Crippen LogP contribution in [0.4, 0.5) is 0 Å². The molecule has 0 bridgehead atoms. The van der Waals surface area contributed by atoms with Gasteiger partial charge in [0, 0.05) is 18.4 Å². The molecule has 0 spiro atoms. The Kier molecular flexibility index (Phi) is 6.31. The molecule has 0 heterocycles. The van der Waals surface area contributed by atoms with Crippen molar-refractivity contribution >= 4 is 45.0 Å². The van der Waals surface area contributed by atoms with E-state index in [1.165, 1.54) is 0 Å². The summed E-state index contributed by atoms with van der Waals surface area (Å²) < 4.78 is 0. The van der Waals surface area contributed by atoms with Gasteiger partial charge in [0.1, 0.15) is 0 Å². The zero-order valence-electron chi connectivity index (χ0n) is 9.55. The van der Waals surface area contributed by atoms with Crippen molar-refractivity contribution in [1.29, 1.82) is 0 Å². The molecule has 1 aromatic rings. The lowest BCUT2D eigenvalue weighted by molar-refractivity contribution is 0.0765. The molecule has 0 N–H and O–H groups in total. The molecule has 0 aliphatic rings. The molecular weight excluding hydrogens is 325 g/mol. The van der Waals surface area contributed by atoms with Crippen LogP contribution in [0, 0.1) is 0 Å². The molecule has 5 heteroatoms. The fourth-order valence-corrected chi connectivity index (χ4v) is 2.13. The highest BCUT2D eigenvalue weighted by atomic mass is 79.9. The van der Waals surface area contributed by atoms with Gasteiger partial charge in [-0.3, -0.25) is 4.79 Å². The normalized spacial score (nSPS) is 10.4. The van der Waals surface area contributed by atoms with E-state index in [9.17, 15) is 4.79 Å². The van der Waals surface area contributed by atoms with Crippen molar-refractivity contribution in [2.45, 2.75) is 13.3 Å². The van der Waals surface area contributed by atoms with E-state index >= 15 is 0 Å². The molecule has 1 aromatic carbocycles. The number of alkyl halides is 1. The van der Waals surface area contributed by atoms with Crippen LogP contribution in [0.25, 0.3) is 0 Å². The van der Waals surface area contributed by atoms with Gasteiger partial charge in [0.2, 0.25) is 0 Å². The summed E-state index contributed by atoms with van der Waals surface area (Å²) in [6, 6.07) is 5.11. The van der Waals surface area contributed by atoms with Gasteiger partial charge in [0.25, 0.3) is 5.91 Å². The van der Waals surface area contributed by atoms with E-state index < -0.39 is 0 Å². The van der Waals surface area contributed by atoms with Crippen LogP contribution in [-0.4, -0.2) is 29.2 Å². The van der Waals surface area contributed by atoms with Gasteiger partial charge in [-0.15, -0.1) is 0 Å². The Morgan fingerprint density at radius 2 is 2.12 bits per heavy atom. The average Bonchev–Trinajstić information content (AvgIpc) is 2.33. The van der Waals surface area contributed by atoms with Crippen LogP contribution in [0.1, 0.15) is 23.7 Å². The van der Waals surface area contributed by atoms with Gasteiger partial charge >= 0.3 is 0 Å². The smallest absolute Gasteiger partial charge is 0.255 e. The van der Waals surface area contributed by atoms with Crippen molar-refractivity contribution < 1.29 is 4.79 Å². The summed E-state index contributed by atoms with van der Waals surface area (Å²) in [5.41, 5.74) is 0.468. The number of nitrogens with zero attached hydrogens (tertiary/aromatic N) is 1. The maximum atomic E-state index is 12.2. The number of carbonyl (C=O) groups excluding carboxylic acids is 1.